The Morgan fingerprint density at radius 2 is 1.62 bits per heavy atom. The number of rotatable bonds is 16. The molecule has 0 fully saturated rings. The molecule has 0 bridgehead atoms. The van der Waals surface area contributed by atoms with Crippen LogP contribution in [-0.4, -0.2) is 92.6 Å². The number of aromatic amines is 1. The number of carbonyl (C=O) groups is 5. The van der Waals surface area contributed by atoms with Gasteiger partial charge in [0.05, 0.1) is 18.9 Å². The van der Waals surface area contributed by atoms with Gasteiger partial charge < -0.3 is 54.1 Å². The van der Waals surface area contributed by atoms with E-state index in [1.807, 2.05) is 0 Å². The van der Waals surface area contributed by atoms with Crippen LogP contribution in [-0.2, 0) is 30.4 Å². The summed E-state index contributed by atoms with van der Waals surface area (Å²) in [7, 11) is 0. The Morgan fingerprint density at radius 3 is 2.14 bits per heavy atom. The van der Waals surface area contributed by atoms with Crippen molar-refractivity contribution in [3.8, 4) is 0 Å². The highest BCUT2D eigenvalue weighted by molar-refractivity contribution is 5.96. The smallest absolute Gasteiger partial charge is 0.326 e. The second-order valence-electron chi connectivity index (χ2n) is 8.19. The van der Waals surface area contributed by atoms with Crippen molar-refractivity contribution >= 4 is 35.6 Å². The number of H-pyrrole nitrogens is 1. The molecular weight excluding hydrogens is 492 g/mol. The summed E-state index contributed by atoms with van der Waals surface area (Å²) in [5.41, 5.74) is 21.8. The molecule has 1 rings (SSSR count). The largest absolute Gasteiger partial charge is 0.480 e. The maximum atomic E-state index is 13.0. The van der Waals surface area contributed by atoms with Crippen molar-refractivity contribution in [3.05, 3.63) is 18.2 Å². The van der Waals surface area contributed by atoms with Gasteiger partial charge in [-0.05, 0) is 19.8 Å². The van der Waals surface area contributed by atoms with E-state index in [2.05, 4.69) is 30.9 Å². The number of primary amides is 1. The number of amides is 4. The molecule has 0 aliphatic heterocycles. The van der Waals surface area contributed by atoms with E-state index in [9.17, 15) is 34.2 Å². The van der Waals surface area contributed by atoms with Gasteiger partial charge in [-0.3, -0.25) is 24.2 Å². The number of aromatic nitrogens is 2. The molecule has 1 aromatic heterocycles. The van der Waals surface area contributed by atoms with Crippen LogP contribution in [0.5, 0.6) is 0 Å². The number of nitrogens with two attached hydrogens (primary N) is 4. The lowest BCUT2D eigenvalue weighted by molar-refractivity contribution is -0.142. The molecular formula is C20H34N10O7. The first-order chi connectivity index (χ1) is 17.3. The Labute approximate surface area is 211 Å². The quantitative estimate of drug-likeness (QED) is 0.0553. The highest BCUT2D eigenvalue weighted by Gasteiger charge is 2.31. The van der Waals surface area contributed by atoms with E-state index in [0.717, 1.165) is 0 Å². The molecule has 5 atom stereocenters. The molecule has 4 amide bonds. The number of hydrogen-bond acceptors (Lipinski definition) is 9. The summed E-state index contributed by atoms with van der Waals surface area (Å²) in [6.07, 6.45) is 0.903. The number of carbonyl (C=O) groups excluding carboxylic acids is 4. The third-order valence-electron chi connectivity index (χ3n) is 5.03. The van der Waals surface area contributed by atoms with Crippen LogP contribution in [0, 0.1) is 0 Å². The second-order valence-corrected chi connectivity index (χ2v) is 8.19. The van der Waals surface area contributed by atoms with Gasteiger partial charge in [-0.2, -0.15) is 0 Å². The monoisotopic (exact) mass is 526 g/mol. The fourth-order valence-electron chi connectivity index (χ4n) is 3.03. The van der Waals surface area contributed by atoms with Crippen molar-refractivity contribution in [2.24, 2.45) is 27.9 Å². The maximum Gasteiger partial charge on any atom is 0.326 e. The van der Waals surface area contributed by atoms with Crippen molar-refractivity contribution in [2.45, 2.75) is 62.9 Å². The first-order valence-electron chi connectivity index (χ1n) is 11.2. The molecule has 0 saturated carbocycles. The predicted molar refractivity (Wildman–Crippen MR) is 129 cm³/mol. The molecule has 0 spiro atoms. The van der Waals surface area contributed by atoms with E-state index in [1.54, 1.807) is 0 Å². The van der Waals surface area contributed by atoms with Crippen molar-refractivity contribution in [2.75, 3.05) is 6.54 Å². The summed E-state index contributed by atoms with van der Waals surface area (Å²) in [5.74, 6) is -5.21. The highest BCUT2D eigenvalue weighted by Crippen LogP contribution is 2.05. The number of aliphatic hydroxyl groups is 1. The standard InChI is InChI=1S/C20H34N10O7/c1-9(31)15(22)18(35)29-12(6-14(21)32)17(34)28-11(3-2-4-26-20(23)24)16(33)30-13(19(36)37)5-10-7-25-8-27-10/h7-9,11-13,15,31H,2-6,22H2,1H3,(H2,21,32)(H,25,27)(H,28,34)(H,29,35)(H,30,33)(H,36,37)(H4,23,24,26). The van der Waals surface area contributed by atoms with E-state index in [0.29, 0.717) is 5.69 Å². The van der Waals surface area contributed by atoms with Crippen molar-refractivity contribution in [1.29, 1.82) is 0 Å². The molecule has 1 heterocycles. The second kappa shape index (κ2) is 15.0. The van der Waals surface area contributed by atoms with Crippen LogP contribution < -0.4 is 38.9 Å². The lowest BCUT2D eigenvalue weighted by atomic mass is 10.1. The van der Waals surface area contributed by atoms with Gasteiger partial charge in [0, 0.05) is 24.9 Å². The van der Waals surface area contributed by atoms with Crippen LogP contribution in [0.4, 0.5) is 0 Å². The summed E-state index contributed by atoms with van der Waals surface area (Å²) in [6.45, 7) is 1.36. The molecule has 0 aliphatic carbocycles. The Hall–Kier alpha value is -4.25. The van der Waals surface area contributed by atoms with Crippen LogP contribution in [0.3, 0.4) is 0 Å². The molecule has 14 N–H and O–H groups in total. The third-order valence-corrected chi connectivity index (χ3v) is 5.03. The van der Waals surface area contributed by atoms with E-state index >= 15 is 0 Å². The fourth-order valence-corrected chi connectivity index (χ4v) is 3.03. The normalized spacial score (nSPS) is 14.8. The molecule has 1 aromatic rings. The Kier molecular flexibility index (Phi) is 12.5. The lowest BCUT2D eigenvalue weighted by Crippen LogP contribution is -2.58. The van der Waals surface area contributed by atoms with Crippen LogP contribution in [0.25, 0.3) is 0 Å². The zero-order valence-corrected chi connectivity index (χ0v) is 20.2. The van der Waals surface area contributed by atoms with E-state index in [1.165, 1.54) is 19.4 Å². The van der Waals surface area contributed by atoms with Crippen molar-refractivity contribution in [1.82, 2.24) is 25.9 Å². The van der Waals surface area contributed by atoms with Crippen LogP contribution in [0.1, 0.15) is 31.9 Å². The fraction of sp³-hybridized carbons (Fsp3) is 0.550. The highest BCUT2D eigenvalue weighted by atomic mass is 16.4. The number of carboxylic acid groups (broad SMARTS) is 1. The van der Waals surface area contributed by atoms with E-state index in [-0.39, 0.29) is 31.8 Å². The first kappa shape index (κ1) is 30.8. The molecule has 5 unspecified atom stereocenters. The number of aliphatic carboxylic acids is 1. The summed E-state index contributed by atoms with van der Waals surface area (Å²) >= 11 is 0. The molecule has 0 radical (unpaired) electrons. The number of aliphatic imine (C=N–C) groups is 1. The molecule has 37 heavy (non-hydrogen) atoms. The number of nitrogens with one attached hydrogen (secondary N) is 4. The SMILES string of the molecule is CC(O)C(N)C(=O)NC(CC(N)=O)C(=O)NC(CCCN=C(N)N)C(=O)NC(Cc1cnc[nH]1)C(=O)O. The lowest BCUT2D eigenvalue weighted by Gasteiger charge is -2.25. The Morgan fingerprint density at radius 1 is 1.03 bits per heavy atom. The summed E-state index contributed by atoms with van der Waals surface area (Å²) in [6, 6.07) is -5.60. The van der Waals surface area contributed by atoms with Gasteiger partial charge in [-0.15, -0.1) is 0 Å². The van der Waals surface area contributed by atoms with Crippen LogP contribution in [0.2, 0.25) is 0 Å². The zero-order valence-electron chi connectivity index (χ0n) is 20.2. The van der Waals surface area contributed by atoms with Gasteiger partial charge in [0.2, 0.25) is 23.6 Å². The van der Waals surface area contributed by atoms with E-state index in [4.69, 9.17) is 22.9 Å². The number of nitrogens with zero attached hydrogens (tertiary/aromatic N) is 2. The van der Waals surface area contributed by atoms with Crippen molar-refractivity contribution in [3.63, 3.8) is 0 Å². The molecule has 17 heteroatoms. The minimum Gasteiger partial charge on any atom is -0.480 e. The number of carboxylic acids is 1. The number of aliphatic hydroxyl groups excluding tert-OH is 1. The maximum absolute atomic E-state index is 13.0. The molecule has 206 valence electrons. The molecule has 0 saturated heterocycles. The molecule has 0 aromatic carbocycles. The first-order valence-corrected chi connectivity index (χ1v) is 11.2. The Balaban J connectivity index is 3.06. The predicted octanol–water partition coefficient (Wildman–Crippen LogP) is -4.87. The average molecular weight is 527 g/mol. The third kappa shape index (κ3) is 11.4. The van der Waals surface area contributed by atoms with Crippen LogP contribution in [0.15, 0.2) is 17.5 Å². The van der Waals surface area contributed by atoms with Gasteiger partial charge in [0.25, 0.3) is 0 Å². The summed E-state index contributed by atoms with van der Waals surface area (Å²) < 4.78 is 0. The minimum absolute atomic E-state index is 0.0326. The summed E-state index contributed by atoms with van der Waals surface area (Å²) in [5, 5.41) is 26.0. The van der Waals surface area contributed by atoms with Crippen LogP contribution >= 0.6 is 0 Å². The summed E-state index contributed by atoms with van der Waals surface area (Å²) in [4.78, 5) is 71.6. The number of hydrogen-bond donors (Lipinski definition) is 10. The van der Waals surface area contributed by atoms with E-state index < -0.39 is 66.3 Å². The minimum atomic E-state index is -1.52. The molecule has 17 nitrogen and oxygen atoms in total. The number of guanidine groups is 1. The average Bonchev–Trinajstić information content (AvgIpc) is 3.31. The topological polar surface area (TPSA) is 307 Å². The number of imidazole rings is 1. The van der Waals surface area contributed by atoms with Gasteiger partial charge in [-0.25, -0.2) is 9.78 Å². The Bertz CT molecular complexity index is 963. The van der Waals surface area contributed by atoms with Gasteiger partial charge >= 0.3 is 5.97 Å². The van der Waals surface area contributed by atoms with Gasteiger partial charge in [0.1, 0.15) is 24.2 Å². The zero-order chi connectivity index (χ0) is 28.1. The molecule has 0 aliphatic rings. The van der Waals surface area contributed by atoms with Crippen molar-refractivity contribution < 1.29 is 34.2 Å². The van der Waals surface area contributed by atoms with Gasteiger partial charge in [-0.1, -0.05) is 0 Å². The van der Waals surface area contributed by atoms with Gasteiger partial charge in [0.15, 0.2) is 5.96 Å².